The van der Waals surface area contributed by atoms with Crippen LogP contribution in [-0.4, -0.2) is 79.2 Å². The Hall–Kier alpha value is -2.55. The Labute approximate surface area is 158 Å². The average molecular weight is 381 g/mol. The molecule has 1 atom stereocenters. The Kier molecular flexibility index (Phi) is 6.84. The third-order valence-electron chi connectivity index (χ3n) is 4.00. The van der Waals surface area contributed by atoms with E-state index < -0.39 is 23.5 Å². The number of hydrogen-bond donors (Lipinski definition) is 1. The predicted molar refractivity (Wildman–Crippen MR) is 96.2 cm³/mol. The maximum atomic E-state index is 12.2. The third kappa shape index (κ3) is 6.28. The van der Waals surface area contributed by atoms with Gasteiger partial charge in [0.2, 0.25) is 0 Å². The SMILES string of the molecule is COC(=O)[C@H](CN1CCN(C(=O)OC(C)(C)C)CC1)NC(=O)c1ccco1. The van der Waals surface area contributed by atoms with Crippen LogP contribution in [0.5, 0.6) is 0 Å². The molecule has 9 heteroatoms. The molecule has 0 radical (unpaired) electrons. The van der Waals surface area contributed by atoms with E-state index in [1.165, 1.54) is 19.4 Å². The number of piperazine rings is 1. The minimum Gasteiger partial charge on any atom is -0.467 e. The molecule has 1 aliphatic rings. The van der Waals surface area contributed by atoms with E-state index in [1.54, 1.807) is 11.0 Å². The molecule has 0 unspecified atom stereocenters. The maximum Gasteiger partial charge on any atom is 0.410 e. The Balaban J connectivity index is 1.88. The summed E-state index contributed by atoms with van der Waals surface area (Å²) in [6.45, 7) is 7.83. The van der Waals surface area contributed by atoms with Gasteiger partial charge in [0.25, 0.3) is 5.91 Å². The van der Waals surface area contributed by atoms with Crippen LogP contribution in [0.1, 0.15) is 31.3 Å². The smallest absolute Gasteiger partial charge is 0.410 e. The summed E-state index contributed by atoms with van der Waals surface area (Å²) in [5.41, 5.74) is -0.541. The largest absolute Gasteiger partial charge is 0.467 e. The molecule has 1 fully saturated rings. The van der Waals surface area contributed by atoms with Gasteiger partial charge in [-0.15, -0.1) is 0 Å². The highest BCUT2D eigenvalue weighted by Gasteiger charge is 2.30. The quantitative estimate of drug-likeness (QED) is 0.762. The molecule has 0 spiro atoms. The zero-order valence-corrected chi connectivity index (χ0v) is 16.2. The fraction of sp³-hybridized carbons (Fsp3) is 0.611. The van der Waals surface area contributed by atoms with E-state index >= 15 is 0 Å². The maximum absolute atomic E-state index is 12.2. The lowest BCUT2D eigenvalue weighted by atomic mass is 10.2. The minimum absolute atomic E-state index is 0.124. The van der Waals surface area contributed by atoms with Crippen molar-refractivity contribution in [2.45, 2.75) is 32.4 Å². The fourth-order valence-electron chi connectivity index (χ4n) is 2.66. The lowest BCUT2D eigenvalue weighted by Gasteiger charge is -2.36. The van der Waals surface area contributed by atoms with Gasteiger partial charge in [-0.3, -0.25) is 9.69 Å². The van der Waals surface area contributed by atoms with E-state index in [0.717, 1.165) is 0 Å². The van der Waals surface area contributed by atoms with Crippen molar-refractivity contribution >= 4 is 18.0 Å². The zero-order chi connectivity index (χ0) is 20.0. The molecule has 2 rings (SSSR count). The summed E-state index contributed by atoms with van der Waals surface area (Å²) in [7, 11) is 1.27. The minimum atomic E-state index is -0.833. The van der Waals surface area contributed by atoms with Crippen LogP contribution in [-0.2, 0) is 14.3 Å². The van der Waals surface area contributed by atoms with Crippen molar-refractivity contribution < 1.29 is 28.3 Å². The summed E-state index contributed by atoms with van der Waals surface area (Å²) in [4.78, 5) is 39.9. The van der Waals surface area contributed by atoms with E-state index in [2.05, 4.69) is 5.32 Å². The number of nitrogens with one attached hydrogen (secondary N) is 1. The molecule has 1 saturated heterocycles. The highest BCUT2D eigenvalue weighted by atomic mass is 16.6. The number of hydrogen-bond acceptors (Lipinski definition) is 7. The van der Waals surface area contributed by atoms with Crippen LogP contribution in [0.4, 0.5) is 4.79 Å². The standard InChI is InChI=1S/C18H27N3O6/c1-18(2,3)27-17(24)21-9-7-20(8-10-21)12-13(16(23)25-4)19-15(22)14-6-5-11-26-14/h5-6,11,13H,7-10,12H2,1-4H3,(H,19,22)/t13-/m0/s1. The van der Waals surface area contributed by atoms with Gasteiger partial charge in [0.1, 0.15) is 11.6 Å². The van der Waals surface area contributed by atoms with Gasteiger partial charge in [0.15, 0.2) is 5.76 Å². The number of nitrogens with zero attached hydrogens (tertiary/aromatic N) is 2. The third-order valence-corrected chi connectivity index (χ3v) is 4.00. The molecular formula is C18H27N3O6. The molecule has 150 valence electrons. The number of carbonyl (C=O) groups is 3. The van der Waals surface area contributed by atoms with Crippen LogP contribution in [0.15, 0.2) is 22.8 Å². The van der Waals surface area contributed by atoms with Crippen molar-refractivity contribution in [2.75, 3.05) is 39.8 Å². The first-order chi connectivity index (χ1) is 12.7. The van der Waals surface area contributed by atoms with Crippen molar-refractivity contribution in [3.8, 4) is 0 Å². The monoisotopic (exact) mass is 381 g/mol. The van der Waals surface area contributed by atoms with Gasteiger partial charge in [-0.05, 0) is 32.9 Å². The number of furan rings is 1. The van der Waals surface area contributed by atoms with Crippen molar-refractivity contribution in [1.82, 2.24) is 15.1 Å². The molecule has 0 saturated carbocycles. The van der Waals surface area contributed by atoms with Gasteiger partial charge < -0.3 is 24.1 Å². The highest BCUT2D eigenvalue weighted by Crippen LogP contribution is 2.12. The number of esters is 1. The van der Waals surface area contributed by atoms with Gasteiger partial charge in [-0.25, -0.2) is 9.59 Å². The molecule has 9 nitrogen and oxygen atoms in total. The Bertz CT molecular complexity index is 645. The summed E-state index contributed by atoms with van der Waals surface area (Å²) in [5.74, 6) is -0.897. The molecule has 0 bridgehead atoms. The Morgan fingerprint density at radius 3 is 2.41 bits per heavy atom. The lowest BCUT2D eigenvalue weighted by molar-refractivity contribution is -0.143. The highest BCUT2D eigenvalue weighted by molar-refractivity contribution is 5.94. The summed E-state index contributed by atoms with van der Waals surface area (Å²) in [5, 5.41) is 2.63. The van der Waals surface area contributed by atoms with Crippen molar-refractivity contribution in [1.29, 1.82) is 0 Å². The van der Waals surface area contributed by atoms with Gasteiger partial charge in [0, 0.05) is 32.7 Å². The number of carbonyl (C=O) groups excluding carboxylic acids is 3. The van der Waals surface area contributed by atoms with Crippen molar-refractivity contribution in [2.24, 2.45) is 0 Å². The average Bonchev–Trinajstić information content (AvgIpc) is 3.14. The van der Waals surface area contributed by atoms with Crippen LogP contribution in [0.25, 0.3) is 0 Å². The predicted octanol–water partition coefficient (Wildman–Crippen LogP) is 1.10. The Morgan fingerprint density at radius 2 is 1.89 bits per heavy atom. The molecular weight excluding hydrogens is 354 g/mol. The second kappa shape index (κ2) is 8.90. The van der Waals surface area contributed by atoms with Crippen LogP contribution in [0, 0.1) is 0 Å². The molecule has 27 heavy (non-hydrogen) atoms. The van der Waals surface area contributed by atoms with Crippen molar-refractivity contribution in [3.63, 3.8) is 0 Å². The summed E-state index contributed by atoms with van der Waals surface area (Å²) in [6.07, 6.45) is 1.04. The van der Waals surface area contributed by atoms with E-state index in [0.29, 0.717) is 26.2 Å². The van der Waals surface area contributed by atoms with E-state index in [4.69, 9.17) is 13.9 Å². The van der Waals surface area contributed by atoms with E-state index in [1.807, 2.05) is 25.7 Å². The first-order valence-corrected chi connectivity index (χ1v) is 8.82. The number of methoxy groups -OCH3 is 1. The molecule has 1 aliphatic heterocycles. The van der Waals surface area contributed by atoms with Crippen LogP contribution < -0.4 is 5.32 Å². The first-order valence-electron chi connectivity index (χ1n) is 8.82. The zero-order valence-electron chi connectivity index (χ0n) is 16.2. The molecule has 0 aromatic carbocycles. The van der Waals surface area contributed by atoms with Crippen LogP contribution in [0.2, 0.25) is 0 Å². The van der Waals surface area contributed by atoms with E-state index in [9.17, 15) is 14.4 Å². The Morgan fingerprint density at radius 1 is 1.22 bits per heavy atom. The van der Waals surface area contributed by atoms with Gasteiger partial charge in [-0.1, -0.05) is 0 Å². The lowest BCUT2D eigenvalue weighted by Crippen LogP contribution is -2.55. The molecule has 1 aromatic heterocycles. The van der Waals surface area contributed by atoms with Gasteiger partial charge in [0.05, 0.1) is 13.4 Å². The molecule has 1 N–H and O–H groups in total. The van der Waals surface area contributed by atoms with Crippen LogP contribution >= 0.6 is 0 Å². The van der Waals surface area contributed by atoms with Crippen molar-refractivity contribution in [3.05, 3.63) is 24.2 Å². The van der Waals surface area contributed by atoms with Crippen LogP contribution in [0.3, 0.4) is 0 Å². The van der Waals surface area contributed by atoms with Gasteiger partial charge >= 0.3 is 12.1 Å². The second-order valence-electron chi connectivity index (χ2n) is 7.29. The number of rotatable bonds is 5. The molecule has 2 heterocycles. The number of ether oxygens (including phenoxy) is 2. The summed E-state index contributed by atoms with van der Waals surface area (Å²) < 4.78 is 15.2. The topological polar surface area (TPSA) is 101 Å². The first kappa shape index (κ1) is 20.8. The van der Waals surface area contributed by atoms with E-state index in [-0.39, 0.29) is 18.4 Å². The summed E-state index contributed by atoms with van der Waals surface area (Å²) >= 11 is 0. The van der Waals surface area contributed by atoms with Gasteiger partial charge in [-0.2, -0.15) is 0 Å². The molecule has 2 amide bonds. The number of amides is 2. The second-order valence-corrected chi connectivity index (χ2v) is 7.29. The molecule has 1 aromatic rings. The molecule has 0 aliphatic carbocycles. The normalized spacial score (nSPS) is 16.5. The fourth-order valence-corrected chi connectivity index (χ4v) is 2.66. The summed E-state index contributed by atoms with van der Waals surface area (Å²) in [6, 6.07) is 2.28.